The second-order valence-corrected chi connectivity index (χ2v) is 13.5. The number of carbonyl (C=O) groups excluding carboxylic acids is 3. The van der Waals surface area contributed by atoms with Crippen LogP contribution in [0.3, 0.4) is 0 Å². The molecule has 0 aliphatic carbocycles. The van der Waals surface area contributed by atoms with E-state index < -0.39 is 59.3 Å². The van der Waals surface area contributed by atoms with Gasteiger partial charge in [0.2, 0.25) is 0 Å². The van der Waals surface area contributed by atoms with Gasteiger partial charge in [0, 0.05) is 0 Å². The summed E-state index contributed by atoms with van der Waals surface area (Å²) in [5.41, 5.74) is 0. The first-order valence-electron chi connectivity index (χ1n) is 14.3. The summed E-state index contributed by atoms with van der Waals surface area (Å²) in [6, 6.07) is 0. The van der Waals surface area contributed by atoms with Gasteiger partial charge in [-0.1, -0.05) is 0 Å². The molecule has 0 aromatic carbocycles. The molecule has 10 heteroatoms. The molecule has 9 nitrogen and oxygen atoms in total. The second-order valence-electron chi connectivity index (χ2n) is 9.61. The van der Waals surface area contributed by atoms with Crippen LogP contribution in [0.5, 0.6) is 0 Å². The van der Waals surface area contributed by atoms with Crippen LogP contribution in [0, 0.1) is 0 Å². The second kappa shape index (κ2) is 24.2. The Hall–Kier alpha value is -0.827. The van der Waals surface area contributed by atoms with Crippen LogP contribution in [0.4, 0.5) is 0 Å². The summed E-state index contributed by atoms with van der Waals surface area (Å²) in [4.78, 5) is 37.2. The van der Waals surface area contributed by atoms with Crippen molar-refractivity contribution >= 4 is 41.0 Å². The van der Waals surface area contributed by atoms with Gasteiger partial charge in [0.25, 0.3) is 0 Å². The zero-order valence-electron chi connectivity index (χ0n) is 23.2. The Bertz CT molecular complexity index is 522. The first-order chi connectivity index (χ1) is 17.8. The topological polar surface area (TPSA) is 140 Å². The Morgan fingerprint density at radius 1 is 0.486 bits per heavy atom. The monoisotopic (exact) mass is 728 g/mol. The van der Waals surface area contributed by atoms with Crippen LogP contribution in [-0.2, 0) is 22.8 Å². The van der Waals surface area contributed by atoms with E-state index in [1.807, 2.05) is 0 Å². The number of carbonyl (C=O) groups is 3. The van der Waals surface area contributed by atoms with Crippen molar-refractivity contribution in [1.29, 1.82) is 0 Å². The zero-order chi connectivity index (χ0) is 27.9. The fraction of sp³-hybridized carbons (Fsp3) is 0.889. The molecule has 0 saturated carbocycles. The SMILES string of the molecule is CCCCCCCC(O)C(=O)[O][Bi]([O]C(=O)C(O)CCCCCCC)[O]C(=O)C(O)CCCCCCC. The molecule has 0 bridgehead atoms. The molecular weight excluding hydrogens is 677 g/mol. The molecule has 37 heavy (non-hydrogen) atoms. The quantitative estimate of drug-likeness (QED) is 0.0949. The Kier molecular flexibility index (Phi) is 23.7. The molecule has 0 heterocycles. The van der Waals surface area contributed by atoms with Gasteiger partial charge >= 0.3 is 234 Å². The molecule has 0 aliphatic heterocycles. The van der Waals surface area contributed by atoms with Gasteiger partial charge in [0.05, 0.1) is 0 Å². The van der Waals surface area contributed by atoms with Crippen molar-refractivity contribution in [3.8, 4) is 0 Å². The van der Waals surface area contributed by atoms with Crippen LogP contribution in [0.1, 0.15) is 136 Å². The average Bonchev–Trinajstić information content (AvgIpc) is 2.87. The molecule has 0 aliphatic rings. The Morgan fingerprint density at radius 2 is 0.730 bits per heavy atom. The molecule has 0 radical (unpaired) electrons. The van der Waals surface area contributed by atoms with Crippen molar-refractivity contribution in [2.45, 2.75) is 155 Å². The third-order valence-electron chi connectivity index (χ3n) is 6.05. The van der Waals surface area contributed by atoms with E-state index in [-0.39, 0.29) is 19.3 Å². The first kappa shape index (κ1) is 36.2. The number of unbranched alkanes of at least 4 members (excludes halogenated alkanes) is 12. The van der Waals surface area contributed by atoms with E-state index in [4.69, 9.17) is 8.44 Å². The number of aliphatic hydroxyl groups is 3. The molecular formula is C27H51BiO9. The standard InChI is InChI=1S/3C9H18O3.Bi/c3*1-2-3-4-5-6-7-8(10)9(11)12;/h3*8,10H,2-7H2,1H3,(H,11,12);/q;;;+3/p-3. The number of rotatable bonds is 24. The molecule has 0 aromatic heterocycles. The summed E-state index contributed by atoms with van der Waals surface area (Å²) >= 11 is -4.53. The van der Waals surface area contributed by atoms with Crippen LogP contribution in [0.25, 0.3) is 0 Å². The van der Waals surface area contributed by atoms with Gasteiger partial charge in [0.1, 0.15) is 0 Å². The summed E-state index contributed by atoms with van der Waals surface area (Å²) < 4.78 is 15.5. The minimum atomic E-state index is -4.53. The van der Waals surface area contributed by atoms with Gasteiger partial charge in [-0.05, 0) is 0 Å². The summed E-state index contributed by atoms with van der Waals surface area (Å²) in [7, 11) is 0. The van der Waals surface area contributed by atoms with E-state index in [9.17, 15) is 29.7 Å². The van der Waals surface area contributed by atoms with Crippen molar-refractivity contribution in [2.75, 3.05) is 0 Å². The van der Waals surface area contributed by atoms with Gasteiger partial charge < -0.3 is 0 Å². The molecule has 0 saturated heterocycles. The molecule has 0 rings (SSSR count). The Balaban J connectivity index is 4.91. The number of hydrogen-bond donors (Lipinski definition) is 3. The fourth-order valence-corrected chi connectivity index (χ4v) is 7.20. The maximum atomic E-state index is 12.4. The van der Waals surface area contributed by atoms with Gasteiger partial charge in [-0.25, -0.2) is 0 Å². The van der Waals surface area contributed by atoms with Crippen LogP contribution in [-0.4, -0.2) is 74.6 Å². The molecule has 218 valence electrons. The van der Waals surface area contributed by atoms with E-state index >= 15 is 0 Å². The third-order valence-corrected chi connectivity index (χ3v) is 9.89. The van der Waals surface area contributed by atoms with Crippen molar-refractivity contribution in [3.63, 3.8) is 0 Å². The van der Waals surface area contributed by atoms with Gasteiger partial charge in [-0.15, -0.1) is 0 Å². The number of aliphatic hydroxyl groups excluding tert-OH is 3. The van der Waals surface area contributed by atoms with Crippen LogP contribution >= 0.6 is 0 Å². The molecule has 0 spiro atoms. The molecule has 0 fully saturated rings. The summed E-state index contributed by atoms with van der Waals surface area (Å²) in [6.07, 6.45) is 10.2. The molecule has 0 amide bonds. The van der Waals surface area contributed by atoms with Crippen LogP contribution < -0.4 is 0 Å². The predicted octanol–water partition coefficient (Wildman–Crippen LogP) is 4.77. The van der Waals surface area contributed by atoms with Gasteiger partial charge in [-0.2, -0.15) is 0 Å². The third kappa shape index (κ3) is 19.8. The molecule has 3 unspecified atom stereocenters. The van der Waals surface area contributed by atoms with Crippen molar-refractivity contribution < 1.29 is 38.1 Å². The fourth-order valence-electron chi connectivity index (χ4n) is 3.64. The van der Waals surface area contributed by atoms with E-state index in [0.717, 1.165) is 77.0 Å². The normalized spacial score (nSPS) is 13.7. The minimum absolute atomic E-state index is 0.183. The van der Waals surface area contributed by atoms with E-state index in [0.29, 0.717) is 19.3 Å². The van der Waals surface area contributed by atoms with Crippen LogP contribution in [0.2, 0.25) is 0 Å². The van der Waals surface area contributed by atoms with Crippen molar-refractivity contribution in [1.82, 2.24) is 0 Å². The first-order valence-corrected chi connectivity index (χ1v) is 18.5. The van der Waals surface area contributed by atoms with Crippen molar-refractivity contribution in [3.05, 3.63) is 0 Å². The zero-order valence-corrected chi connectivity index (χ0v) is 26.7. The summed E-state index contributed by atoms with van der Waals surface area (Å²) in [5.74, 6) is -3.05. The molecule has 3 atom stereocenters. The summed E-state index contributed by atoms with van der Waals surface area (Å²) in [5, 5.41) is 30.5. The van der Waals surface area contributed by atoms with Gasteiger partial charge in [0.15, 0.2) is 0 Å². The molecule has 0 aromatic rings. The van der Waals surface area contributed by atoms with E-state index in [2.05, 4.69) is 20.8 Å². The maximum absolute atomic E-state index is 12.4. The Morgan fingerprint density at radius 3 is 0.973 bits per heavy atom. The molecule has 3 N–H and O–H groups in total. The van der Waals surface area contributed by atoms with Gasteiger partial charge in [-0.3, -0.25) is 0 Å². The number of hydrogen-bond acceptors (Lipinski definition) is 9. The average molecular weight is 729 g/mol. The van der Waals surface area contributed by atoms with E-state index in [1.54, 1.807) is 0 Å². The van der Waals surface area contributed by atoms with Crippen LogP contribution in [0.15, 0.2) is 0 Å². The summed E-state index contributed by atoms with van der Waals surface area (Å²) in [6.45, 7) is 6.28. The van der Waals surface area contributed by atoms with Crippen molar-refractivity contribution in [2.24, 2.45) is 0 Å². The predicted molar refractivity (Wildman–Crippen MR) is 142 cm³/mol. The Labute approximate surface area is 233 Å². The van der Waals surface area contributed by atoms with E-state index in [1.165, 1.54) is 0 Å².